The third-order valence-electron chi connectivity index (χ3n) is 3.10. The van der Waals surface area contributed by atoms with E-state index in [-0.39, 0.29) is 11.7 Å². The van der Waals surface area contributed by atoms with Gasteiger partial charge in [0.1, 0.15) is 0 Å². The van der Waals surface area contributed by atoms with E-state index in [1.54, 1.807) is 23.0 Å². The van der Waals surface area contributed by atoms with E-state index >= 15 is 0 Å². The van der Waals surface area contributed by atoms with Crippen LogP contribution in [0.15, 0.2) is 29.0 Å². The van der Waals surface area contributed by atoms with Crippen molar-refractivity contribution >= 4 is 17.2 Å². The van der Waals surface area contributed by atoms with Crippen molar-refractivity contribution in [3.63, 3.8) is 0 Å². The quantitative estimate of drug-likeness (QED) is 0.745. The number of alkyl halides is 3. The molecule has 7 nitrogen and oxygen atoms in total. The molecule has 3 aromatic rings. The zero-order valence-electron chi connectivity index (χ0n) is 12.9. The second kappa shape index (κ2) is 6.67. The van der Waals surface area contributed by atoms with Gasteiger partial charge in [-0.3, -0.25) is 9.48 Å². The first-order chi connectivity index (χ1) is 11.9. The molecule has 0 aromatic carbocycles. The van der Waals surface area contributed by atoms with Crippen LogP contribution in [0.4, 0.5) is 13.2 Å². The highest BCUT2D eigenvalue weighted by Gasteiger charge is 2.38. The van der Waals surface area contributed by atoms with Crippen LogP contribution >= 0.6 is 11.3 Å². The normalized spacial score (nSPS) is 11.7. The van der Waals surface area contributed by atoms with Crippen molar-refractivity contribution in [1.82, 2.24) is 25.2 Å². The number of hydrogen-bond donors (Lipinski definition) is 1. The van der Waals surface area contributed by atoms with Crippen LogP contribution in [0, 0.1) is 0 Å². The number of nitrogens with zero attached hydrogens (tertiary/aromatic N) is 4. The van der Waals surface area contributed by atoms with Crippen molar-refractivity contribution in [2.45, 2.75) is 19.6 Å². The molecule has 25 heavy (non-hydrogen) atoms. The molecule has 1 amide bonds. The molecule has 0 spiro atoms. The smallest absolute Gasteiger partial charge is 0.352 e. The first-order valence-corrected chi connectivity index (χ1v) is 7.99. The Balaban J connectivity index is 1.72. The summed E-state index contributed by atoms with van der Waals surface area (Å²) in [6.45, 7) is 2.70. The number of nitrogens with one attached hydrogen (secondary N) is 1. The van der Waals surface area contributed by atoms with Crippen molar-refractivity contribution in [2.24, 2.45) is 0 Å². The lowest BCUT2D eigenvalue weighted by molar-refractivity contribution is -0.159. The second-order valence-electron chi connectivity index (χ2n) is 4.97. The minimum absolute atomic E-state index is 0.118. The van der Waals surface area contributed by atoms with Crippen molar-refractivity contribution < 1.29 is 22.5 Å². The lowest BCUT2D eigenvalue weighted by Crippen LogP contribution is -2.22. The van der Waals surface area contributed by atoms with Crippen LogP contribution in [-0.4, -0.2) is 32.4 Å². The molecule has 3 rings (SSSR count). The molecule has 0 saturated heterocycles. The molecule has 3 heterocycles. The van der Waals surface area contributed by atoms with Gasteiger partial charge in [-0.2, -0.15) is 23.3 Å². The van der Waals surface area contributed by atoms with Gasteiger partial charge in [0, 0.05) is 17.6 Å². The molecule has 132 valence electrons. The molecule has 0 radical (unpaired) electrons. The Bertz CT molecular complexity index is 883. The second-order valence-corrected chi connectivity index (χ2v) is 6.14. The summed E-state index contributed by atoms with van der Waals surface area (Å²) < 4.78 is 43.3. The maximum atomic E-state index is 12.5. The largest absolute Gasteiger partial charge is 0.471 e. The third kappa shape index (κ3) is 3.87. The molecule has 0 saturated carbocycles. The number of aromatic nitrogens is 4. The molecule has 0 aliphatic carbocycles. The maximum Gasteiger partial charge on any atom is 0.471 e. The zero-order valence-corrected chi connectivity index (χ0v) is 13.7. The average Bonchev–Trinajstić information content (AvgIpc) is 3.27. The molecule has 0 bridgehead atoms. The van der Waals surface area contributed by atoms with Crippen molar-refractivity contribution in [3.8, 4) is 10.7 Å². The lowest BCUT2D eigenvalue weighted by Gasteiger charge is -1.98. The predicted octanol–water partition coefficient (Wildman–Crippen LogP) is 2.81. The number of carbonyl (C=O) groups excluding carboxylic acids is 1. The summed E-state index contributed by atoms with van der Waals surface area (Å²) in [4.78, 5) is 16.3. The van der Waals surface area contributed by atoms with Gasteiger partial charge in [0.25, 0.3) is 5.91 Å². The fraction of sp³-hybridized carbons (Fsp3) is 0.286. The van der Waals surface area contributed by atoms with E-state index in [0.717, 1.165) is 4.88 Å². The van der Waals surface area contributed by atoms with Crippen LogP contribution in [0.3, 0.4) is 0 Å². The van der Waals surface area contributed by atoms with Crippen LogP contribution in [0.25, 0.3) is 10.7 Å². The van der Waals surface area contributed by atoms with Gasteiger partial charge < -0.3 is 9.84 Å². The Morgan fingerprint density at radius 3 is 2.88 bits per heavy atom. The van der Waals surface area contributed by atoms with Crippen molar-refractivity contribution in [3.05, 3.63) is 40.9 Å². The van der Waals surface area contributed by atoms with E-state index in [1.807, 2.05) is 6.92 Å². The molecule has 11 heteroatoms. The number of thiophene rings is 1. The first-order valence-electron chi connectivity index (χ1n) is 7.17. The van der Waals surface area contributed by atoms with Gasteiger partial charge in [-0.25, -0.2) is 0 Å². The van der Waals surface area contributed by atoms with Gasteiger partial charge in [-0.15, -0.1) is 11.3 Å². The summed E-state index contributed by atoms with van der Waals surface area (Å²) in [5, 5.41) is 10.1. The fourth-order valence-corrected chi connectivity index (χ4v) is 2.94. The minimum atomic E-state index is -4.67. The van der Waals surface area contributed by atoms with E-state index < -0.39 is 12.1 Å². The summed E-state index contributed by atoms with van der Waals surface area (Å²) in [5.41, 5.74) is 0.437. The van der Waals surface area contributed by atoms with Crippen LogP contribution in [0.5, 0.6) is 0 Å². The van der Waals surface area contributed by atoms with Gasteiger partial charge in [0.05, 0.1) is 23.2 Å². The van der Waals surface area contributed by atoms with Gasteiger partial charge in [0.15, 0.2) is 0 Å². The maximum absolute atomic E-state index is 12.5. The van der Waals surface area contributed by atoms with E-state index in [9.17, 15) is 18.0 Å². The van der Waals surface area contributed by atoms with Gasteiger partial charge >= 0.3 is 12.1 Å². The lowest BCUT2D eigenvalue weighted by atomic mass is 10.3. The predicted molar refractivity (Wildman–Crippen MR) is 81.9 cm³/mol. The number of carbonyl (C=O) groups is 1. The molecule has 0 atom stereocenters. The molecule has 1 N–H and O–H groups in total. The molecular weight excluding hydrogens is 359 g/mol. The molecule has 3 aromatic heterocycles. The van der Waals surface area contributed by atoms with E-state index in [0.29, 0.717) is 23.5 Å². The van der Waals surface area contributed by atoms with Crippen molar-refractivity contribution in [2.75, 3.05) is 6.54 Å². The number of halogens is 3. The number of rotatable bonds is 5. The van der Waals surface area contributed by atoms with Crippen LogP contribution in [0.2, 0.25) is 0 Å². The van der Waals surface area contributed by atoms with Gasteiger partial charge in [-0.1, -0.05) is 5.16 Å². The van der Waals surface area contributed by atoms with E-state index in [1.165, 1.54) is 17.5 Å². The Kier molecular flexibility index (Phi) is 4.57. The zero-order chi connectivity index (χ0) is 18.0. The standard InChI is InChI=1S/C14H12F3N5O2S/c1-2-18-12(23)8-5-19-22(6-8)7-9-3-4-10(25-9)11-20-13(24-21-11)14(15,16)17/h3-6H,2,7H2,1H3,(H,18,23). The Hall–Kier alpha value is -2.69. The summed E-state index contributed by atoms with van der Waals surface area (Å²) in [7, 11) is 0. The highest BCUT2D eigenvalue weighted by atomic mass is 32.1. The molecule has 0 fully saturated rings. The monoisotopic (exact) mass is 371 g/mol. The highest BCUT2D eigenvalue weighted by Crippen LogP contribution is 2.31. The summed E-state index contributed by atoms with van der Waals surface area (Å²) in [5.74, 6) is -1.71. The Morgan fingerprint density at radius 1 is 1.40 bits per heavy atom. The fourth-order valence-electron chi connectivity index (χ4n) is 2.01. The van der Waals surface area contributed by atoms with Crippen LogP contribution in [-0.2, 0) is 12.7 Å². The molecular formula is C14H12F3N5O2S. The van der Waals surface area contributed by atoms with Crippen LogP contribution in [0.1, 0.15) is 28.0 Å². The molecule has 0 aliphatic heterocycles. The van der Waals surface area contributed by atoms with Gasteiger partial charge in [0.2, 0.25) is 5.82 Å². The first kappa shape index (κ1) is 17.1. The Morgan fingerprint density at radius 2 is 2.20 bits per heavy atom. The SMILES string of the molecule is CCNC(=O)c1cnn(Cc2ccc(-c3noc(C(F)(F)F)n3)s2)c1. The number of hydrogen-bond acceptors (Lipinski definition) is 6. The van der Waals surface area contributed by atoms with Gasteiger partial charge in [-0.05, 0) is 19.1 Å². The van der Waals surface area contributed by atoms with E-state index in [4.69, 9.17) is 0 Å². The van der Waals surface area contributed by atoms with Crippen LogP contribution < -0.4 is 5.32 Å². The average molecular weight is 371 g/mol. The summed E-state index contributed by atoms with van der Waals surface area (Å²) >= 11 is 1.22. The summed E-state index contributed by atoms with van der Waals surface area (Å²) in [6.07, 6.45) is -1.62. The minimum Gasteiger partial charge on any atom is -0.352 e. The third-order valence-corrected chi connectivity index (χ3v) is 4.17. The topological polar surface area (TPSA) is 85.8 Å². The van der Waals surface area contributed by atoms with Crippen molar-refractivity contribution in [1.29, 1.82) is 0 Å². The summed E-state index contributed by atoms with van der Waals surface area (Å²) in [6, 6.07) is 3.34. The highest BCUT2D eigenvalue weighted by molar-refractivity contribution is 7.15. The molecule has 0 aliphatic rings. The molecule has 0 unspecified atom stereocenters. The Labute approximate surface area is 143 Å². The number of amides is 1. The van der Waals surface area contributed by atoms with E-state index in [2.05, 4.69) is 25.1 Å².